The number of nitrogens with zero attached hydrogens (tertiary/aromatic N) is 1. The molecule has 4 aromatic rings. The Morgan fingerprint density at radius 1 is 0.977 bits per heavy atom. The predicted octanol–water partition coefficient (Wildman–Crippen LogP) is 8.20. The molecule has 43 heavy (non-hydrogen) atoms. The fourth-order valence-corrected chi connectivity index (χ4v) is 5.94. The first-order chi connectivity index (χ1) is 20.9. The van der Waals surface area contributed by atoms with Crippen molar-refractivity contribution in [1.82, 2.24) is 5.32 Å². The van der Waals surface area contributed by atoms with E-state index in [1.54, 1.807) is 6.92 Å². The first-order valence-electron chi connectivity index (χ1n) is 15.3. The summed E-state index contributed by atoms with van der Waals surface area (Å²) in [6.45, 7) is 7.73. The Morgan fingerprint density at radius 2 is 1.77 bits per heavy atom. The fourth-order valence-electron chi connectivity index (χ4n) is 5.94. The van der Waals surface area contributed by atoms with Crippen LogP contribution in [-0.4, -0.2) is 12.3 Å². The number of ketones is 1. The second-order valence-electron chi connectivity index (χ2n) is 11.4. The van der Waals surface area contributed by atoms with E-state index in [1.807, 2.05) is 37.3 Å². The van der Waals surface area contributed by atoms with Gasteiger partial charge in [0.25, 0.3) is 0 Å². The molecule has 0 saturated heterocycles. The Hall–Kier alpha value is -4.40. The maximum absolute atomic E-state index is 11.4. The second kappa shape index (κ2) is 14.2. The minimum Gasteiger partial charge on any atom is -0.488 e. The zero-order chi connectivity index (χ0) is 30.2. The number of nitrogens with one attached hydrogen (secondary N) is 1. The quantitative estimate of drug-likeness (QED) is 0.164. The van der Waals surface area contributed by atoms with Crippen LogP contribution in [0.3, 0.4) is 0 Å². The summed E-state index contributed by atoms with van der Waals surface area (Å²) in [5.74, 6) is 1.90. The molecule has 1 N–H and O–H groups in total. The fraction of sp³-hybridized carbons (Fsp3) is 0.316. The largest absolute Gasteiger partial charge is 0.488 e. The Morgan fingerprint density at radius 3 is 2.56 bits per heavy atom. The average Bonchev–Trinajstić information content (AvgIpc) is 3.52. The molecule has 0 saturated carbocycles. The van der Waals surface area contributed by atoms with E-state index in [1.165, 1.54) is 27.8 Å². The number of hydrogen-bond donors (Lipinski definition) is 1. The van der Waals surface area contributed by atoms with E-state index in [0.29, 0.717) is 25.1 Å². The molecular formula is C38H40N2O3. The van der Waals surface area contributed by atoms with Gasteiger partial charge in [-0.1, -0.05) is 60.7 Å². The van der Waals surface area contributed by atoms with Crippen molar-refractivity contribution in [2.45, 2.75) is 72.1 Å². The van der Waals surface area contributed by atoms with Gasteiger partial charge in [-0.25, -0.2) is 0 Å². The van der Waals surface area contributed by atoms with Gasteiger partial charge in [-0.15, -0.1) is 0 Å². The van der Waals surface area contributed by atoms with Crippen molar-refractivity contribution in [1.29, 1.82) is 5.26 Å². The van der Waals surface area contributed by atoms with Crippen LogP contribution in [0.2, 0.25) is 0 Å². The van der Waals surface area contributed by atoms with Crippen LogP contribution < -0.4 is 14.8 Å². The van der Waals surface area contributed by atoms with Gasteiger partial charge < -0.3 is 19.6 Å². The van der Waals surface area contributed by atoms with Gasteiger partial charge in [0, 0.05) is 24.6 Å². The normalized spacial score (nSPS) is 12.8. The molecule has 0 heterocycles. The molecule has 0 bridgehead atoms. The van der Waals surface area contributed by atoms with E-state index in [9.17, 15) is 10.1 Å². The standard InChI is InChI=1S/C38H40N2O3/c1-26(41)11-10-20-40-24-36-34-18-9-19-35(34)37(22-38(36)43-28(3)31-15-7-12-29(21-31)23-39)42-25-32-16-8-17-33(27(32)2)30-13-5-4-6-14-30/h4-8,12-17,21-22,28,40H,9-11,18-20,24-25H2,1-3H3. The van der Waals surface area contributed by atoms with Crippen molar-refractivity contribution in [3.8, 4) is 28.7 Å². The van der Waals surface area contributed by atoms with Crippen molar-refractivity contribution in [2.24, 2.45) is 0 Å². The third-order valence-electron chi connectivity index (χ3n) is 8.33. The Labute approximate surface area is 255 Å². The van der Waals surface area contributed by atoms with Crippen LogP contribution >= 0.6 is 0 Å². The van der Waals surface area contributed by atoms with E-state index in [0.717, 1.165) is 60.4 Å². The Kier molecular flexibility index (Phi) is 9.92. The summed E-state index contributed by atoms with van der Waals surface area (Å²) in [6.07, 6.45) is 4.18. The number of rotatable bonds is 13. The molecule has 5 heteroatoms. The highest BCUT2D eigenvalue weighted by Gasteiger charge is 2.25. The lowest BCUT2D eigenvalue weighted by atomic mass is 9.97. The Bertz CT molecular complexity index is 1620. The number of benzene rings is 4. The highest BCUT2D eigenvalue weighted by molar-refractivity contribution is 5.75. The van der Waals surface area contributed by atoms with E-state index < -0.39 is 0 Å². The molecule has 0 aromatic heterocycles. The average molecular weight is 573 g/mol. The maximum Gasteiger partial charge on any atom is 0.129 e. The van der Waals surface area contributed by atoms with E-state index in [-0.39, 0.29) is 11.9 Å². The molecule has 5 rings (SSSR count). The summed E-state index contributed by atoms with van der Waals surface area (Å²) in [5.41, 5.74) is 10.1. The molecule has 0 radical (unpaired) electrons. The van der Waals surface area contributed by atoms with Crippen LogP contribution in [0.25, 0.3) is 11.1 Å². The molecule has 1 atom stereocenters. The number of fused-ring (bicyclic) bond motifs is 1. The van der Waals surface area contributed by atoms with Gasteiger partial charge in [-0.05, 0) is 104 Å². The van der Waals surface area contributed by atoms with Crippen LogP contribution in [0.4, 0.5) is 0 Å². The third kappa shape index (κ3) is 7.34. The van der Waals surface area contributed by atoms with Crippen LogP contribution in [0.15, 0.2) is 78.9 Å². The monoisotopic (exact) mass is 572 g/mol. The zero-order valence-electron chi connectivity index (χ0n) is 25.4. The van der Waals surface area contributed by atoms with Crippen LogP contribution in [0, 0.1) is 18.3 Å². The summed E-state index contributed by atoms with van der Waals surface area (Å²) >= 11 is 0. The molecule has 5 nitrogen and oxygen atoms in total. The lowest BCUT2D eigenvalue weighted by molar-refractivity contribution is -0.117. The lowest BCUT2D eigenvalue weighted by Gasteiger charge is -2.23. The predicted molar refractivity (Wildman–Crippen MR) is 171 cm³/mol. The summed E-state index contributed by atoms with van der Waals surface area (Å²) in [6, 6.07) is 28.8. The van der Waals surface area contributed by atoms with Gasteiger partial charge in [0.15, 0.2) is 0 Å². The SMILES string of the molecule is CC(=O)CCCNCc1c(OC(C)c2cccc(C#N)c2)cc(OCc2cccc(-c3ccccc3)c2C)c2c1CCC2. The number of Topliss-reactive ketones (excluding diaryl/α,β-unsaturated/α-hetero) is 1. The van der Waals surface area contributed by atoms with Crippen LogP contribution in [-0.2, 0) is 30.8 Å². The first-order valence-corrected chi connectivity index (χ1v) is 15.3. The molecule has 1 aliphatic carbocycles. The van der Waals surface area contributed by atoms with Crippen LogP contribution in [0.5, 0.6) is 11.5 Å². The summed E-state index contributed by atoms with van der Waals surface area (Å²) in [5, 5.41) is 13.0. The molecule has 1 unspecified atom stereocenters. The van der Waals surface area contributed by atoms with Crippen molar-refractivity contribution < 1.29 is 14.3 Å². The van der Waals surface area contributed by atoms with E-state index in [2.05, 4.69) is 66.8 Å². The van der Waals surface area contributed by atoms with Gasteiger partial charge in [0.2, 0.25) is 0 Å². The smallest absolute Gasteiger partial charge is 0.129 e. The van der Waals surface area contributed by atoms with Gasteiger partial charge in [0.05, 0.1) is 11.6 Å². The first kappa shape index (κ1) is 30.1. The van der Waals surface area contributed by atoms with Crippen molar-refractivity contribution >= 4 is 5.78 Å². The minimum atomic E-state index is -0.248. The topological polar surface area (TPSA) is 71.3 Å². The minimum absolute atomic E-state index is 0.214. The highest BCUT2D eigenvalue weighted by Crippen LogP contribution is 2.41. The van der Waals surface area contributed by atoms with Crippen molar-refractivity contribution in [2.75, 3.05) is 6.54 Å². The van der Waals surface area contributed by atoms with Gasteiger partial charge in [-0.2, -0.15) is 5.26 Å². The molecule has 0 amide bonds. The summed E-state index contributed by atoms with van der Waals surface area (Å²) in [7, 11) is 0. The highest BCUT2D eigenvalue weighted by atomic mass is 16.5. The van der Waals surface area contributed by atoms with Gasteiger partial charge >= 0.3 is 0 Å². The maximum atomic E-state index is 11.4. The molecule has 0 aliphatic heterocycles. The van der Waals surface area contributed by atoms with Crippen molar-refractivity contribution in [3.63, 3.8) is 0 Å². The van der Waals surface area contributed by atoms with E-state index in [4.69, 9.17) is 9.47 Å². The molecular weight excluding hydrogens is 532 g/mol. The summed E-state index contributed by atoms with van der Waals surface area (Å²) in [4.78, 5) is 11.4. The molecule has 4 aromatic carbocycles. The third-order valence-corrected chi connectivity index (χ3v) is 8.33. The van der Waals surface area contributed by atoms with Crippen molar-refractivity contribution in [3.05, 3.63) is 118 Å². The van der Waals surface area contributed by atoms with Gasteiger partial charge in [0.1, 0.15) is 30.0 Å². The number of hydrogen-bond acceptors (Lipinski definition) is 5. The number of nitriles is 1. The molecule has 1 aliphatic rings. The molecule has 0 spiro atoms. The molecule has 220 valence electrons. The Balaban J connectivity index is 1.43. The zero-order valence-corrected chi connectivity index (χ0v) is 25.4. The lowest BCUT2D eigenvalue weighted by Crippen LogP contribution is -2.18. The number of carbonyl (C=O) groups is 1. The van der Waals surface area contributed by atoms with Crippen LogP contribution in [0.1, 0.15) is 78.2 Å². The number of carbonyl (C=O) groups excluding carboxylic acids is 1. The summed E-state index contributed by atoms with van der Waals surface area (Å²) < 4.78 is 13.3. The number of ether oxygens (including phenoxy) is 2. The van der Waals surface area contributed by atoms with E-state index >= 15 is 0 Å². The molecule has 0 fully saturated rings. The van der Waals surface area contributed by atoms with Gasteiger partial charge in [-0.3, -0.25) is 0 Å². The second-order valence-corrected chi connectivity index (χ2v) is 11.4.